The Kier molecular flexibility index (Phi) is 2.82. The molecule has 6 nitrogen and oxygen atoms in total. The largest absolute Gasteiger partial charge is 0.478 e. The quantitative estimate of drug-likeness (QED) is 0.500. The molecule has 1 aromatic heterocycles. The van der Waals surface area contributed by atoms with E-state index in [1.807, 2.05) is 0 Å². The SMILES string of the molecule is [N-]=[N+]=Nc1cc2ncc(C(=O)O)cc2cc1Cl. The van der Waals surface area contributed by atoms with E-state index in [2.05, 4.69) is 15.0 Å². The summed E-state index contributed by atoms with van der Waals surface area (Å²) < 4.78 is 0. The van der Waals surface area contributed by atoms with Crippen LogP contribution in [0.4, 0.5) is 5.69 Å². The number of aromatic nitrogens is 1. The van der Waals surface area contributed by atoms with Gasteiger partial charge in [0, 0.05) is 16.5 Å². The number of halogens is 1. The highest BCUT2D eigenvalue weighted by Crippen LogP contribution is 2.29. The first-order valence-electron chi connectivity index (χ1n) is 4.49. The van der Waals surface area contributed by atoms with Crippen molar-refractivity contribution in [2.24, 2.45) is 5.11 Å². The lowest BCUT2D eigenvalue weighted by Gasteiger charge is -2.02. The van der Waals surface area contributed by atoms with Crippen LogP contribution in [-0.2, 0) is 0 Å². The van der Waals surface area contributed by atoms with Crippen molar-refractivity contribution in [2.45, 2.75) is 0 Å². The number of nitrogens with zero attached hydrogens (tertiary/aromatic N) is 4. The summed E-state index contributed by atoms with van der Waals surface area (Å²) in [6.45, 7) is 0. The van der Waals surface area contributed by atoms with E-state index in [9.17, 15) is 4.79 Å². The lowest BCUT2D eigenvalue weighted by Crippen LogP contribution is -1.96. The molecular formula is C10H5ClN4O2. The van der Waals surface area contributed by atoms with E-state index in [4.69, 9.17) is 22.2 Å². The van der Waals surface area contributed by atoms with Gasteiger partial charge < -0.3 is 5.11 Å². The van der Waals surface area contributed by atoms with E-state index in [-0.39, 0.29) is 16.3 Å². The van der Waals surface area contributed by atoms with Gasteiger partial charge >= 0.3 is 5.97 Å². The Bertz CT molecular complexity index is 665. The molecule has 0 atom stereocenters. The minimum absolute atomic E-state index is 0.0742. The predicted molar refractivity (Wildman–Crippen MR) is 62.5 cm³/mol. The number of benzene rings is 1. The number of hydrogen-bond acceptors (Lipinski definition) is 3. The number of azide groups is 1. The lowest BCUT2D eigenvalue weighted by molar-refractivity contribution is 0.0696. The van der Waals surface area contributed by atoms with Gasteiger partial charge in [-0.25, -0.2) is 4.79 Å². The van der Waals surface area contributed by atoms with Crippen LogP contribution in [0.2, 0.25) is 5.02 Å². The molecular weight excluding hydrogens is 244 g/mol. The standard InChI is InChI=1S/C10H5ClN4O2/c11-7-2-5-1-6(10(16)17)4-13-8(5)3-9(7)14-15-12/h1-4H,(H,16,17). The average Bonchev–Trinajstić information content (AvgIpc) is 2.29. The molecule has 0 radical (unpaired) electrons. The van der Waals surface area contributed by atoms with Crippen LogP contribution in [0.3, 0.4) is 0 Å². The van der Waals surface area contributed by atoms with Gasteiger partial charge in [0.2, 0.25) is 0 Å². The molecule has 1 heterocycles. The van der Waals surface area contributed by atoms with Gasteiger partial charge in [-0.3, -0.25) is 4.98 Å². The zero-order chi connectivity index (χ0) is 12.4. The number of rotatable bonds is 2. The number of hydrogen-bond donors (Lipinski definition) is 1. The third kappa shape index (κ3) is 2.13. The molecule has 1 aromatic carbocycles. The monoisotopic (exact) mass is 248 g/mol. The van der Waals surface area contributed by atoms with Gasteiger partial charge in [0.1, 0.15) is 0 Å². The maximum Gasteiger partial charge on any atom is 0.337 e. The summed E-state index contributed by atoms with van der Waals surface area (Å²) in [5.74, 6) is -1.06. The number of carbonyl (C=O) groups is 1. The van der Waals surface area contributed by atoms with Gasteiger partial charge in [-0.1, -0.05) is 16.7 Å². The second-order valence-electron chi connectivity index (χ2n) is 3.21. The third-order valence-corrected chi connectivity index (χ3v) is 2.45. The molecule has 0 aliphatic heterocycles. The molecule has 1 N–H and O–H groups in total. The highest BCUT2D eigenvalue weighted by atomic mass is 35.5. The van der Waals surface area contributed by atoms with Gasteiger partial charge in [-0.05, 0) is 23.7 Å². The first-order chi connectivity index (χ1) is 8.11. The maximum absolute atomic E-state index is 10.8. The number of carboxylic acid groups (broad SMARTS) is 1. The van der Waals surface area contributed by atoms with Gasteiger partial charge in [-0.15, -0.1) is 0 Å². The molecule has 0 saturated heterocycles. The number of fused-ring (bicyclic) bond motifs is 1. The molecule has 0 spiro atoms. The second kappa shape index (κ2) is 4.29. The average molecular weight is 249 g/mol. The molecule has 0 fully saturated rings. The smallest absolute Gasteiger partial charge is 0.337 e. The predicted octanol–water partition coefficient (Wildman–Crippen LogP) is 3.53. The van der Waals surface area contributed by atoms with E-state index in [1.54, 1.807) is 0 Å². The molecule has 0 aliphatic rings. The van der Waals surface area contributed by atoms with Crippen LogP contribution in [0.15, 0.2) is 29.5 Å². The fourth-order valence-electron chi connectivity index (χ4n) is 1.38. The molecule has 2 rings (SSSR count). The summed E-state index contributed by atoms with van der Waals surface area (Å²) in [6, 6.07) is 4.47. The van der Waals surface area contributed by atoms with Crippen molar-refractivity contribution in [3.63, 3.8) is 0 Å². The molecule has 0 unspecified atom stereocenters. The first-order valence-corrected chi connectivity index (χ1v) is 4.87. The molecule has 0 amide bonds. The van der Waals surface area contributed by atoms with Crippen LogP contribution in [0.1, 0.15) is 10.4 Å². The molecule has 0 saturated carbocycles. The molecule has 0 aliphatic carbocycles. The van der Waals surface area contributed by atoms with Crippen molar-refractivity contribution >= 4 is 34.2 Å². The molecule has 7 heteroatoms. The van der Waals surface area contributed by atoms with Gasteiger partial charge in [0.15, 0.2) is 0 Å². The Balaban J connectivity index is 2.69. The van der Waals surface area contributed by atoms with Crippen LogP contribution >= 0.6 is 11.6 Å². The maximum atomic E-state index is 10.8. The minimum atomic E-state index is -1.06. The summed E-state index contributed by atoms with van der Waals surface area (Å²) in [6.07, 6.45) is 1.23. The Labute approximate surface area is 100 Å². The van der Waals surface area contributed by atoms with Crippen LogP contribution in [0.5, 0.6) is 0 Å². The van der Waals surface area contributed by atoms with Crippen molar-refractivity contribution < 1.29 is 9.90 Å². The van der Waals surface area contributed by atoms with Gasteiger partial charge in [0.05, 0.1) is 21.8 Å². The summed E-state index contributed by atoms with van der Waals surface area (Å²) in [5, 5.41) is 13.0. The summed E-state index contributed by atoms with van der Waals surface area (Å²) >= 11 is 5.87. The molecule has 84 valence electrons. The van der Waals surface area contributed by atoms with Gasteiger partial charge in [0.25, 0.3) is 0 Å². The highest BCUT2D eigenvalue weighted by molar-refractivity contribution is 6.33. The zero-order valence-electron chi connectivity index (χ0n) is 8.33. The van der Waals surface area contributed by atoms with Crippen molar-refractivity contribution in [3.8, 4) is 0 Å². The fourth-order valence-corrected chi connectivity index (χ4v) is 1.59. The van der Waals surface area contributed by atoms with Crippen LogP contribution in [0.25, 0.3) is 21.3 Å². The normalized spacial score (nSPS) is 9.94. The zero-order valence-corrected chi connectivity index (χ0v) is 9.09. The molecule has 0 bridgehead atoms. The lowest BCUT2D eigenvalue weighted by atomic mass is 10.1. The summed E-state index contributed by atoms with van der Waals surface area (Å²) in [7, 11) is 0. The van der Waals surface area contributed by atoms with Crippen molar-refractivity contribution in [2.75, 3.05) is 0 Å². The number of carboxylic acids is 1. The van der Waals surface area contributed by atoms with E-state index in [0.29, 0.717) is 10.9 Å². The highest BCUT2D eigenvalue weighted by Gasteiger charge is 2.07. The molecule has 2 aromatic rings. The van der Waals surface area contributed by atoms with E-state index in [1.165, 1.54) is 24.4 Å². The van der Waals surface area contributed by atoms with Crippen molar-refractivity contribution in [1.29, 1.82) is 0 Å². The number of aromatic carboxylic acids is 1. The fraction of sp³-hybridized carbons (Fsp3) is 0. The third-order valence-electron chi connectivity index (χ3n) is 2.15. The second-order valence-corrected chi connectivity index (χ2v) is 3.62. The molecule has 17 heavy (non-hydrogen) atoms. The van der Waals surface area contributed by atoms with Crippen LogP contribution in [-0.4, -0.2) is 16.1 Å². The minimum Gasteiger partial charge on any atom is -0.478 e. The van der Waals surface area contributed by atoms with Crippen molar-refractivity contribution in [1.82, 2.24) is 4.98 Å². The van der Waals surface area contributed by atoms with Gasteiger partial charge in [-0.2, -0.15) is 0 Å². The van der Waals surface area contributed by atoms with Crippen LogP contribution in [0, 0.1) is 0 Å². The Morgan fingerprint density at radius 1 is 1.47 bits per heavy atom. The Morgan fingerprint density at radius 3 is 2.88 bits per heavy atom. The Morgan fingerprint density at radius 2 is 2.24 bits per heavy atom. The Hall–Kier alpha value is -2.30. The van der Waals surface area contributed by atoms with E-state index < -0.39 is 5.97 Å². The summed E-state index contributed by atoms with van der Waals surface area (Å²) in [5.41, 5.74) is 9.19. The topological polar surface area (TPSA) is 99.0 Å². The van der Waals surface area contributed by atoms with E-state index >= 15 is 0 Å². The first kappa shape index (κ1) is 11.2. The van der Waals surface area contributed by atoms with E-state index in [0.717, 1.165) is 0 Å². The van der Waals surface area contributed by atoms with Crippen LogP contribution < -0.4 is 0 Å². The van der Waals surface area contributed by atoms with Crippen molar-refractivity contribution in [3.05, 3.63) is 45.4 Å². The summed E-state index contributed by atoms with van der Waals surface area (Å²) in [4.78, 5) is 17.4. The number of pyridine rings is 1.